The first kappa shape index (κ1) is 13.3. The Bertz CT molecular complexity index is 646. The Hall–Kier alpha value is -1.73. The van der Waals surface area contributed by atoms with Crippen LogP contribution in [-0.2, 0) is 10.5 Å². The topological polar surface area (TPSA) is 85.7 Å². The van der Waals surface area contributed by atoms with Crippen molar-refractivity contribution in [1.82, 2.24) is 14.6 Å². The summed E-state index contributed by atoms with van der Waals surface area (Å²) in [5, 5.41) is 14.7. The molecule has 0 saturated carbocycles. The van der Waals surface area contributed by atoms with Crippen LogP contribution in [0.1, 0.15) is 26.0 Å². The summed E-state index contributed by atoms with van der Waals surface area (Å²) in [6.07, 6.45) is 0.0316. The second-order valence-corrected chi connectivity index (χ2v) is 5.18. The first-order chi connectivity index (χ1) is 9.49. The molecule has 1 saturated heterocycles. The van der Waals surface area contributed by atoms with E-state index in [9.17, 15) is 9.50 Å². The Morgan fingerprint density at radius 2 is 2.30 bits per heavy atom. The van der Waals surface area contributed by atoms with E-state index in [2.05, 4.69) is 10.1 Å². The summed E-state index contributed by atoms with van der Waals surface area (Å²) in [4.78, 5) is 3.86. The van der Waals surface area contributed by atoms with E-state index < -0.39 is 17.9 Å². The Morgan fingerprint density at radius 3 is 2.95 bits per heavy atom. The summed E-state index contributed by atoms with van der Waals surface area (Å²) < 4.78 is 21.5. The first-order valence-electron chi connectivity index (χ1n) is 6.62. The number of halogens is 1. The molecule has 1 aliphatic heterocycles. The average molecular weight is 280 g/mol. The Kier molecular flexibility index (Phi) is 2.91. The highest BCUT2D eigenvalue weighted by Gasteiger charge is 2.55. The summed E-state index contributed by atoms with van der Waals surface area (Å²) in [5.74, 6) is -2.13. The van der Waals surface area contributed by atoms with Gasteiger partial charge in [-0.3, -0.25) is 0 Å². The number of hydrogen-bond acceptors (Lipinski definition) is 5. The fourth-order valence-corrected chi connectivity index (χ4v) is 2.83. The lowest BCUT2D eigenvalue weighted by Gasteiger charge is -2.24. The van der Waals surface area contributed by atoms with E-state index in [1.165, 1.54) is 10.8 Å². The summed E-state index contributed by atoms with van der Waals surface area (Å²) in [5.41, 5.74) is 6.49. The minimum atomic E-state index is -2.01. The molecule has 20 heavy (non-hydrogen) atoms. The van der Waals surface area contributed by atoms with Crippen LogP contribution in [0, 0.1) is 5.92 Å². The van der Waals surface area contributed by atoms with Crippen molar-refractivity contribution in [3.63, 3.8) is 0 Å². The number of fused-ring (bicyclic) bond motifs is 1. The molecule has 3 rings (SSSR count). The molecule has 6 nitrogen and oxygen atoms in total. The van der Waals surface area contributed by atoms with Crippen LogP contribution in [0.15, 0.2) is 18.5 Å². The summed E-state index contributed by atoms with van der Waals surface area (Å²) in [6.45, 7) is 3.63. The van der Waals surface area contributed by atoms with Crippen LogP contribution >= 0.6 is 0 Å². The highest BCUT2D eigenvalue weighted by atomic mass is 19.1. The Morgan fingerprint density at radius 1 is 1.55 bits per heavy atom. The van der Waals surface area contributed by atoms with Gasteiger partial charge in [0.25, 0.3) is 0 Å². The fraction of sp³-hybridized carbons (Fsp3) is 0.538. The molecule has 3 heterocycles. The van der Waals surface area contributed by atoms with E-state index in [4.69, 9.17) is 10.5 Å². The zero-order valence-corrected chi connectivity index (χ0v) is 11.3. The van der Waals surface area contributed by atoms with Gasteiger partial charge in [-0.1, -0.05) is 13.8 Å². The number of rotatable bonds is 2. The van der Waals surface area contributed by atoms with E-state index >= 15 is 0 Å². The molecule has 0 spiro atoms. The van der Waals surface area contributed by atoms with E-state index in [0.29, 0.717) is 11.9 Å². The van der Waals surface area contributed by atoms with Crippen molar-refractivity contribution in [2.75, 3.05) is 5.73 Å². The summed E-state index contributed by atoms with van der Waals surface area (Å²) >= 11 is 0. The van der Waals surface area contributed by atoms with Gasteiger partial charge in [-0.25, -0.2) is 13.9 Å². The van der Waals surface area contributed by atoms with Crippen LogP contribution in [0.3, 0.4) is 0 Å². The molecule has 0 aliphatic carbocycles. The minimum Gasteiger partial charge on any atom is -0.382 e. The molecule has 2 aromatic rings. The molecule has 1 unspecified atom stereocenters. The third-order valence-electron chi connectivity index (χ3n) is 4.00. The molecule has 4 atom stereocenters. The molecule has 108 valence electrons. The molecular formula is C13H17FN4O2. The van der Waals surface area contributed by atoms with Gasteiger partial charge in [0.2, 0.25) is 5.79 Å². The van der Waals surface area contributed by atoms with Crippen molar-refractivity contribution in [2.24, 2.45) is 5.92 Å². The van der Waals surface area contributed by atoms with E-state index in [-0.39, 0.29) is 17.6 Å². The lowest BCUT2D eigenvalue weighted by atomic mass is 9.95. The number of aliphatic hydroxyl groups is 1. The zero-order valence-electron chi connectivity index (χ0n) is 11.3. The van der Waals surface area contributed by atoms with Gasteiger partial charge < -0.3 is 15.6 Å². The predicted molar refractivity (Wildman–Crippen MR) is 70.5 cm³/mol. The van der Waals surface area contributed by atoms with Gasteiger partial charge in [-0.15, -0.1) is 0 Å². The smallest absolute Gasteiger partial charge is 0.243 e. The van der Waals surface area contributed by atoms with Gasteiger partial charge >= 0.3 is 0 Å². The van der Waals surface area contributed by atoms with Gasteiger partial charge in [0.15, 0.2) is 12.0 Å². The Balaban J connectivity index is 2.13. The lowest BCUT2D eigenvalue weighted by molar-refractivity contribution is -0.227. The van der Waals surface area contributed by atoms with Crippen LogP contribution in [0.2, 0.25) is 0 Å². The second kappa shape index (κ2) is 4.39. The van der Waals surface area contributed by atoms with E-state index in [0.717, 1.165) is 0 Å². The first-order valence-corrected chi connectivity index (χ1v) is 6.62. The van der Waals surface area contributed by atoms with Crippen molar-refractivity contribution in [2.45, 2.75) is 38.3 Å². The quantitative estimate of drug-likeness (QED) is 0.864. The molecule has 2 aromatic heterocycles. The third-order valence-corrected chi connectivity index (χ3v) is 4.00. The number of nitrogens with two attached hydrogens (primary N) is 1. The average Bonchev–Trinajstić information content (AvgIpc) is 2.96. The third kappa shape index (κ3) is 1.63. The molecule has 1 fully saturated rings. The summed E-state index contributed by atoms with van der Waals surface area (Å²) in [6, 6.07) is 3.21. The molecule has 0 amide bonds. The highest BCUT2D eigenvalue weighted by Crippen LogP contribution is 2.44. The number of nitrogen functional groups attached to an aromatic ring is 1. The van der Waals surface area contributed by atoms with Gasteiger partial charge in [0, 0.05) is 5.92 Å². The molecule has 1 aliphatic rings. The minimum absolute atomic E-state index is 0.233. The fourth-order valence-electron chi connectivity index (χ4n) is 2.83. The van der Waals surface area contributed by atoms with Crippen molar-refractivity contribution < 1.29 is 14.2 Å². The highest BCUT2D eigenvalue weighted by molar-refractivity contribution is 5.65. The van der Waals surface area contributed by atoms with Crippen LogP contribution < -0.4 is 5.73 Å². The number of aromatic nitrogens is 3. The lowest BCUT2D eigenvalue weighted by Crippen LogP contribution is -2.36. The number of nitrogens with zero attached hydrogens (tertiary/aromatic N) is 3. The van der Waals surface area contributed by atoms with Crippen molar-refractivity contribution >= 4 is 11.3 Å². The number of alkyl halides is 1. The van der Waals surface area contributed by atoms with Gasteiger partial charge in [0.1, 0.15) is 17.5 Å². The van der Waals surface area contributed by atoms with E-state index in [1.807, 2.05) is 6.92 Å². The molecule has 0 aromatic carbocycles. The monoisotopic (exact) mass is 280 g/mol. The molecule has 0 radical (unpaired) electrons. The van der Waals surface area contributed by atoms with Crippen molar-refractivity contribution in [3.8, 4) is 0 Å². The standard InChI is InChI=1S/C13H17FN4O2/c1-3-9-7(2)11(14)13(19,20-9)10-5-4-8-12(15)16-6-17-18(8)10/h4-7,9,11,19H,3H2,1-2H3,(H2,15,16,17)/t7-,9-,11-,13?/m1/s1. The summed E-state index contributed by atoms with van der Waals surface area (Å²) in [7, 11) is 0. The molecule has 3 N–H and O–H groups in total. The van der Waals surface area contributed by atoms with Crippen LogP contribution in [0.4, 0.5) is 10.2 Å². The molecule has 7 heteroatoms. The van der Waals surface area contributed by atoms with Crippen LogP contribution in [0.25, 0.3) is 5.52 Å². The van der Waals surface area contributed by atoms with Gasteiger partial charge in [-0.2, -0.15) is 5.10 Å². The van der Waals surface area contributed by atoms with Crippen LogP contribution in [-0.4, -0.2) is 32.0 Å². The SMILES string of the molecule is CC[C@H]1OC(O)(c2ccc3c(N)ncnn23)[C@H](F)[C@@H]1C. The van der Waals surface area contributed by atoms with E-state index in [1.54, 1.807) is 19.1 Å². The maximum atomic E-state index is 14.5. The number of hydrogen-bond donors (Lipinski definition) is 2. The number of anilines is 1. The Labute approximate surface area is 115 Å². The molecule has 0 bridgehead atoms. The van der Waals surface area contributed by atoms with Gasteiger partial charge in [-0.05, 0) is 18.6 Å². The predicted octanol–water partition coefficient (Wildman–Crippen LogP) is 1.24. The molecular weight excluding hydrogens is 263 g/mol. The van der Waals surface area contributed by atoms with Gasteiger partial charge in [0.05, 0.1) is 6.10 Å². The second-order valence-electron chi connectivity index (χ2n) is 5.18. The largest absolute Gasteiger partial charge is 0.382 e. The maximum Gasteiger partial charge on any atom is 0.243 e. The van der Waals surface area contributed by atoms with Crippen molar-refractivity contribution in [1.29, 1.82) is 0 Å². The normalized spacial score (nSPS) is 33.9. The zero-order chi connectivity index (χ0) is 14.5. The maximum absolute atomic E-state index is 14.5. The number of ether oxygens (including phenoxy) is 1. The van der Waals surface area contributed by atoms with Crippen LogP contribution in [0.5, 0.6) is 0 Å². The van der Waals surface area contributed by atoms with Crippen molar-refractivity contribution in [3.05, 3.63) is 24.2 Å².